The Morgan fingerprint density at radius 1 is 1.14 bits per heavy atom. The highest BCUT2D eigenvalue weighted by Crippen LogP contribution is 2.26. The fraction of sp³-hybridized carbons (Fsp3) is 0.0625. The van der Waals surface area contributed by atoms with Gasteiger partial charge in [0.25, 0.3) is 0 Å². The average molecular weight is 334 g/mol. The number of ether oxygens (including phenoxy) is 1. The van der Waals surface area contributed by atoms with Gasteiger partial charge in [-0.2, -0.15) is 0 Å². The fourth-order valence-corrected chi connectivity index (χ4v) is 3.66. The highest BCUT2D eigenvalue weighted by atomic mass is 35.5. The first-order chi connectivity index (χ1) is 10.6. The summed E-state index contributed by atoms with van der Waals surface area (Å²) < 4.78 is 19.1. The van der Waals surface area contributed by atoms with Crippen LogP contribution in [-0.2, 0) is 15.7 Å². The Hall–Kier alpha value is -2.11. The zero-order valence-electron chi connectivity index (χ0n) is 11.7. The molecule has 0 aliphatic carbocycles. The van der Waals surface area contributed by atoms with Gasteiger partial charge in [0.15, 0.2) is 11.0 Å². The van der Waals surface area contributed by atoms with Crippen LogP contribution in [0.2, 0.25) is 5.02 Å². The predicted octanol–water partition coefficient (Wildman–Crippen LogP) is 3.65. The first-order valence-electron chi connectivity index (χ1n) is 6.48. The summed E-state index contributed by atoms with van der Waals surface area (Å²) in [5, 5.41) is 1.28. The molecule has 6 heteroatoms. The molecule has 0 fully saturated rings. The minimum Gasteiger partial charge on any atom is -0.464 e. The second-order valence-electron chi connectivity index (χ2n) is 4.58. The van der Waals surface area contributed by atoms with E-state index in [4.69, 9.17) is 16.3 Å². The normalized spacial score (nSPS) is 12.3. The Kier molecular flexibility index (Phi) is 4.00. The van der Waals surface area contributed by atoms with Crippen LogP contribution in [0.4, 0.5) is 0 Å². The van der Waals surface area contributed by atoms with Crippen molar-refractivity contribution >= 4 is 39.5 Å². The molecule has 0 aliphatic heterocycles. The van der Waals surface area contributed by atoms with Crippen LogP contribution in [0, 0.1) is 0 Å². The molecule has 0 spiro atoms. The number of esters is 1. The van der Waals surface area contributed by atoms with E-state index in [0.29, 0.717) is 15.4 Å². The molecule has 2 aromatic carbocycles. The average Bonchev–Trinajstić information content (AvgIpc) is 2.92. The third kappa shape index (κ3) is 2.53. The van der Waals surface area contributed by atoms with Crippen molar-refractivity contribution in [2.75, 3.05) is 7.11 Å². The van der Waals surface area contributed by atoms with Crippen LogP contribution < -0.4 is 0 Å². The summed E-state index contributed by atoms with van der Waals surface area (Å²) in [5.41, 5.74) is 0.883. The number of aromatic nitrogens is 1. The Labute approximate surface area is 134 Å². The summed E-state index contributed by atoms with van der Waals surface area (Å²) in [6, 6.07) is 15.7. The quantitative estimate of drug-likeness (QED) is 0.687. The second kappa shape index (κ2) is 5.94. The van der Waals surface area contributed by atoms with Crippen LogP contribution in [0.25, 0.3) is 10.9 Å². The van der Waals surface area contributed by atoms with Crippen molar-refractivity contribution in [2.45, 2.75) is 4.90 Å². The van der Waals surface area contributed by atoms with E-state index in [1.54, 1.807) is 48.5 Å². The highest BCUT2D eigenvalue weighted by molar-refractivity contribution is 7.83. The third-order valence-electron chi connectivity index (χ3n) is 3.22. The molecular weight excluding hydrogens is 322 g/mol. The van der Waals surface area contributed by atoms with Crippen molar-refractivity contribution in [1.29, 1.82) is 0 Å². The molecule has 1 aromatic heterocycles. The maximum atomic E-state index is 12.9. The predicted molar refractivity (Wildman–Crippen MR) is 86.5 cm³/mol. The number of methoxy groups -OCH3 is 1. The van der Waals surface area contributed by atoms with Gasteiger partial charge in [-0.25, -0.2) is 13.0 Å². The Morgan fingerprint density at radius 2 is 1.86 bits per heavy atom. The largest absolute Gasteiger partial charge is 0.464 e. The van der Waals surface area contributed by atoms with E-state index in [1.807, 2.05) is 6.07 Å². The molecule has 0 saturated carbocycles. The molecule has 0 bridgehead atoms. The molecule has 1 heterocycles. The van der Waals surface area contributed by atoms with Gasteiger partial charge in [-0.05, 0) is 36.4 Å². The molecule has 1 atom stereocenters. The lowest BCUT2D eigenvalue weighted by molar-refractivity contribution is 0.0593. The molecule has 1 unspecified atom stereocenters. The zero-order valence-corrected chi connectivity index (χ0v) is 13.2. The van der Waals surface area contributed by atoms with Crippen LogP contribution in [-0.4, -0.2) is 21.3 Å². The molecule has 0 radical (unpaired) electrons. The minimum absolute atomic E-state index is 0.224. The molecule has 22 heavy (non-hydrogen) atoms. The van der Waals surface area contributed by atoms with Gasteiger partial charge >= 0.3 is 5.97 Å². The van der Waals surface area contributed by atoms with Gasteiger partial charge in [0.05, 0.1) is 17.5 Å². The van der Waals surface area contributed by atoms with E-state index >= 15 is 0 Å². The van der Waals surface area contributed by atoms with Crippen molar-refractivity contribution in [3.05, 3.63) is 65.3 Å². The SMILES string of the molecule is COC(=O)c1cc2cc(Cl)ccc2n1S(=O)c1ccccc1. The van der Waals surface area contributed by atoms with Crippen LogP contribution in [0.5, 0.6) is 0 Å². The number of hydrogen-bond acceptors (Lipinski definition) is 3. The minimum atomic E-state index is -1.56. The molecule has 3 rings (SSSR count). The molecular formula is C16H12ClNO3S. The molecule has 0 aliphatic rings. The molecule has 0 N–H and O–H groups in total. The molecule has 0 amide bonds. The van der Waals surface area contributed by atoms with Crippen molar-refractivity contribution in [3.8, 4) is 0 Å². The summed E-state index contributed by atoms with van der Waals surface area (Å²) in [7, 11) is -0.263. The number of carbonyl (C=O) groups excluding carboxylic acids is 1. The zero-order chi connectivity index (χ0) is 15.7. The first-order valence-corrected chi connectivity index (χ1v) is 7.97. The van der Waals surface area contributed by atoms with Gasteiger partial charge in [0.1, 0.15) is 5.69 Å². The summed E-state index contributed by atoms with van der Waals surface area (Å²) >= 11 is 5.99. The van der Waals surface area contributed by atoms with E-state index in [0.717, 1.165) is 5.39 Å². The monoisotopic (exact) mass is 333 g/mol. The number of hydrogen-bond donors (Lipinski definition) is 0. The van der Waals surface area contributed by atoms with Gasteiger partial charge in [0.2, 0.25) is 0 Å². The standard InChI is InChI=1S/C16H12ClNO3S/c1-21-16(19)15-10-11-9-12(17)7-8-14(11)18(15)22(20)13-5-3-2-4-6-13/h2-10H,1H3. The molecule has 0 saturated heterocycles. The second-order valence-corrected chi connectivity index (χ2v) is 6.35. The number of carbonyl (C=O) groups is 1. The third-order valence-corrected chi connectivity index (χ3v) is 4.86. The van der Waals surface area contributed by atoms with Gasteiger partial charge in [-0.15, -0.1) is 0 Å². The van der Waals surface area contributed by atoms with Crippen molar-refractivity contribution in [2.24, 2.45) is 0 Å². The van der Waals surface area contributed by atoms with Gasteiger partial charge in [-0.1, -0.05) is 29.8 Å². The molecule has 112 valence electrons. The summed E-state index contributed by atoms with van der Waals surface area (Å²) in [5.74, 6) is -0.545. The lowest BCUT2D eigenvalue weighted by Gasteiger charge is -2.09. The van der Waals surface area contributed by atoms with E-state index in [2.05, 4.69) is 0 Å². The topological polar surface area (TPSA) is 48.3 Å². The molecule has 4 nitrogen and oxygen atoms in total. The van der Waals surface area contributed by atoms with E-state index in [1.165, 1.54) is 11.1 Å². The number of halogens is 1. The van der Waals surface area contributed by atoms with E-state index in [9.17, 15) is 9.00 Å². The van der Waals surface area contributed by atoms with Crippen molar-refractivity contribution < 1.29 is 13.7 Å². The van der Waals surface area contributed by atoms with Gasteiger partial charge in [-0.3, -0.25) is 0 Å². The number of rotatable bonds is 3. The number of fused-ring (bicyclic) bond motifs is 1. The number of benzene rings is 2. The Morgan fingerprint density at radius 3 is 2.55 bits per heavy atom. The van der Waals surface area contributed by atoms with Crippen molar-refractivity contribution in [1.82, 2.24) is 3.97 Å². The first kappa shape index (κ1) is 14.8. The fourth-order valence-electron chi connectivity index (χ4n) is 2.23. The van der Waals surface area contributed by atoms with Crippen molar-refractivity contribution in [3.63, 3.8) is 0 Å². The summed E-state index contributed by atoms with van der Waals surface area (Å²) in [6.45, 7) is 0. The lowest BCUT2D eigenvalue weighted by Crippen LogP contribution is -2.14. The van der Waals surface area contributed by atoms with E-state index < -0.39 is 17.0 Å². The Bertz CT molecular complexity index is 874. The summed E-state index contributed by atoms with van der Waals surface area (Å²) in [6.07, 6.45) is 0. The van der Waals surface area contributed by atoms with Crippen LogP contribution in [0.15, 0.2) is 59.5 Å². The lowest BCUT2D eigenvalue weighted by atomic mass is 10.2. The maximum absolute atomic E-state index is 12.9. The van der Waals surface area contributed by atoms with Crippen LogP contribution in [0.1, 0.15) is 10.5 Å². The van der Waals surface area contributed by atoms with Crippen LogP contribution >= 0.6 is 11.6 Å². The molecule has 3 aromatic rings. The van der Waals surface area contributed by atoms with Crippen LogP contribution in [0.3, 0.4) is 0 Å². The smallest absolute Gasteiger partial charge is 0.355 e. The summed E-state index contributed by atoms with van der Waals surface area (Å²) in [4.78, 5) is 12.6. The van der Waals surface area contributed by atoms with Gasteiger partial charge in [0, 0.05) is 10.4 Å². The maximum Gasteiger partial charge on any atom is 0.355 e. The highest BCUT2D eigenvalue weighted by Gasteiger charge is 2.21. The van der Waals surface area contributed by atoms with Gasteiger partial charge < -0.3 is 4.74 Å². The Balaban J connectivity index is 2.26. The number of nitrogens with zero attached hydrogens (tertiary/aromatic N) is 1. The van der Waals surface area contributed by atoms with E-state index in [-0.39, 0.29) is 5.69 Å².